The number of nitrogens with zero attached hydrogens (tertiary/aromatic N) is 1. The molecule has 0 radical (unpaired) electrons. The quantitative estimate of drug-likeness (QED) is 0.835. The van der Waals surface area contributed by atoms with Crippen LogP contribution in [0.2, 0.25) is 0 Å². The molecule has 0 saturated carbocycles. The Balaban J connectivity index is 2.62. The summed E-state index contributed by atoms with van der Waals surface area (Å²) in [6.45, 7) is 0. The Hall–Kier alpha value is -2.11. The normalized spacial score (nSPS) is 11.7. The van der Waals surface area contributed by atoms with Crippen molar-refractivity contribution in [2.24, 2.45) is 0 Å². The fourth-order valence-corrected chi connectivity index (χ4v) is 1.41. The second-order valence-corrected chi connectivity index (χ2v) is 3.41. The van der Waals surface area contributed by atoms with Crippen LogP contribution < -0.4 is 0 Å². The van der Waals surface area contributed by atoms with Crippen LogP contribution in [0.25, 0.3) is 10.9 Å². The van der Waals surface area contributed by atoms with Crippen LogP contribution in [0.15, 0.2) is 30.3 Å². The van der Waals surface area contributed by atoms with E-state index in [0.717, 1.165) is 12.1 Å². The average molecular weight is 241 g/mol. The molecule has 0 aliphatic rings. The number of rotatable bonds is 1. The summed E-state index contributed by atoms with van der Waals surface area (Å²) in [5.74, 6) is -1.27. The number of benzene rings is 1. The number of carboxylic acids is 1. The lowest BCUT2D eigenvalue weighted by atomic mass is 10.1. The first kappa shape index (κ1) is 11.4. The van der Waals surface area contributed by atoms with Gasteiger partial charge in [0.1, 0.15) is 5.69 Å². The topological polar surface area (TPSA) is 50.2 Å². The summed E-state index contributed by atoms with van der Waals surface area (Å²) in [4.78, 5) is 14.3. The first-order chi connectivity index (χ1) is 7.88. The van der Waals surface area contributed by atoms with Gasteiger partial charge in [-0.2, -0.15) is 13.2 Å². The Labute approximate surface area is 93.5 Å². The molecule has 0 amide bonds. The van der Waals surface area contributed by atoms with E-state index in [1.807, 2.05) is 0 Å². The Morgan fingerprint density at radius 3 is 2.41 bits per heavy atom. The average Bonchev–Trinajstić information content (AvgIpc) is 2.26. The van der Waals surface area contributed by atoms with Crippen LogP contribution in [0.1, 0.15) is 16.1 Å². The first-order valence-electron chi connectivity index (χ1n) is 4.59. The van der Waals surface area contributed by atoms with E-state index in [2.05, 4.69) is 4.98 Å². The number of hydrogen-bond acceptors (Lipinski definition) is 2. The predicted octanol–water partition coefficient (Wildman–Crippen LogP) is 2.95. The van der Waals surface area contributed by atoms with Crippen molar-refractivity contribution in [2.75, 3.05) is 0 Å². The summed E-state index contributed by atoms with van der Waals surface area (Å²) in [7, 11) is 0. The van der Waals surface area contributed by atoms with Crippen LogP contribution in [0.3, 0.4) is 0 Å². The number of carbonyl (C=O) groups is 1. The maximum atomic E-state index is 12.4. The number of fused-ring (bicyclic) bond motifs is 1. The second-order valence-electron chi connectivity index (χ2n) is 3.41. The minimum Gasteiger partial charge on any atom is -0.477 e. The number of aromatic nitrogens is 1. The molecule has 1 aromatic carbocycles. The zero-order valence-electron chi connectivity index (χ0n) is 8.32. The van der Waals surface area contributed by atoms with Crippen molar-refractivity contribution in [3.05, 3.63) is 41.6 Å². The molecule has 1 heterocycles. The molecular formula is C11H6F3NO2. The van der Waals surface area contributed by atoms with E-state index in [1.165, 1.54) is 18.2 Å². The molecule has 2 aromatic rings. The highest BCUT2D eigenvalue weighted by molar-refractivity contribution is 5.89. The molecule has 2 rings (SSSR count). The van der Waals surface area contributed by atoms with Crippen LogP contribution in [0.4, 0.5) is 13.2 Å². The number of alkyl halides is 3. The fraction of sp³-hybridized carbons (Fsp3) is 0.0909. The lowest BCUT2D eigenvalue weighted by Crippen LogP contribution is -2.05. The molecule has 1 N–H and O–H groups in total. The van der Waals surface area contributed by atoms with Gasteiger partial charge in [-0.3, -0.25) is 0 Å². The molecule has 0 unspecified atom stereocenters. The highest BCUT2D eigenvalue weighted by atomic mass is 19.4. The Bertz CT molecular complexity index is 593. The van der Waals surface area contributed by atoms with E-state index in [-0.39, 0.29) is 11.2 Å². The summed E-state index contributed by atoms with van der Waals surface area (Å²) >= 11 is 0. The standard InChI is InChI=1S/C11H6F3NO2/c12-11(13,14)7-3-1-6-2-4-8(10(16)17)15-9(6)5-7/h1-5H,(H,16,17). The number of halogens is 3. The zero-order chi connectivity index (χ0) is 12.6. The largest absolute Gasteiger partial charge is 0.477 e. The van der Waals surface area contributed by atoms with E-state index < -0.39 is 17.7 Å². The predicted molar refractivity (Wildman–Crippen MR) is 53.7 cm³/mol. The Kier molecular flexibility index (Phi) is 2.49. The van der Waals surface area contributed by atoms with Crippen molar-refractivity contribution in [3.8, 4) is 0 Å². The summed E-state index contributed by atoms with van der Waals surface area (Å²) < 4.78 is 37.3. The van der Waals surface area contributed by atoms with Gasteiger partial charge in [0.15, 0.2) is 0 Å². The summed E-state index contributed by atoms with van der Waals surface area (Å²) in [6.07, 6.45) is -4.46. The summed E-state index contributed by atoms with van der Waals surface area (Å²) in [6, 6.07) is 5.70. The molecule has 0 atom stereocenters. The van der Waals surface area contributed by atoms with Crippen molar-refractivity contribution in [1.29, 1.82) is 0 Å². The van der Waals surface area contributed by atoms with Gasteiger partial charge in [-0.1, -0.05) is 12.1 Å². The molecule has 0 spiro atoms. The number of carboxylic acid groups (broad SMARTS) is 1. The molecule has 0 saturated heterocycles. The molecule has 17 heavy (non-hydrogen) atoms. The maximum Gasteiger partial charge on any atom is 0.416 e. The Morgan fingerprint density at radius 2 is 1.82 bits per heavy atom. The van der Waals surface area contributed by atoms with Crippen LogP contribution in [0, 0.1) is 0 Å². The van der Waals surface area contributed by atoms with Crippen molar-refractivity contribution in [1.82, 2.24) is 4.98 Å². The van der Waals surface area contributed by atoms with Crippen molar-refractivity contribution in [2.45, 2.75) is 6.18 Å². The minimum absolute atomic E-state index is 0.0136. The third-order valence-corrected chi connectivity index (χ3v) is 2.24. The zero-order valence-corrected chi connectivity index (χ0v) is 8.32. The smallest absolute Gasteiger partial charge is 0.416 e. The van der Waals surface area contributed by atoms with Crippen LogP contribution in [0.5, 0.6) is 0 Å². The summed E-state index contributed by atoms with van der Waals surface area (Å²) in [5, 5.41) is 9.15. The van der Waals surface area contributed by atoms with Crippen molar-refractivity contribution in [3.63, 3.8) is 0 Å². The van der Waals surface area contributed by atoms with Gasteiger partial charge < -0.3 is 5.11 Å². The monoisotopic (exact) mass is 241 g/mol. The molecule has 0 fully saturated rings. The van der Waals surface area contributed by atoms with E-state index >= 15 is 0 Å². The molecule has 0 bridgehead atoms. The number of pyridine rings is 1. The number of aromatic carboxylic acids is 1. The van der Waals surface area contributed by atoms with Crippen molar-refractivity contribution < 1.29 is 23.1 Å². The minimum atomic E-state index is -4.46. The lowest BCUT2D eigenvalue weighted by Gasteiger charge is -2.07. The molecule has 1 aromatic heterocycles. The number of hydrogen-bond donors (Lipinski definition) is 1. The SMILES string of the molecule is O=C(O)c1ccc2ccc(C(F)(F)F)cc2n1. The van der Waals surface area contributed by atoms with Crippen LogP contribution >= 0.6 is 0 Å². The van der Waals surface area contributed by atoms with E-state index in [0.29, 0.717) is 5.39 Å². The second kappa shape index (κ2) is 3.73. The Morgan fingerprint density at radius 1 is 1.18 bits per heavy atom. The molecular weight excluding hydrogens is 235 g/mol. The first-order valence-corrected chi connectivity index (χ1v) is 4.59. The third kappa shape index (κ3) is 2.20. The maximum absolute atomic E-state index is 12.4. The van der Waals surface area contributed by atoms with Gasteiger partial charge in [-0.05, 0) is 18.2 Å². The van der Waals surface area contributed by atoms with E-state index in [1.54, 1.807) is 0 Å². The van der Waals surface area contributed by atoms with Gasteiger partial charge in [-0.25, -0.2) is 9.78 Å². The van der Waals surface area contributed by atoms with Gasteiger partial charge in [0.25, 0.3) is 0 Å². The van der Waals surface area contributed by atoms with Gasteiger partial charge >= 0.3 is 12.1 Å². The van der Waals surface area contributed by atoms with Crippen LogP contribution in [-0.2, 0) is 6.18 Å². The molecule has 3 nitrogen and oxygen atoms in total. The van der Waals surface area contributed by atoms with Gasteiger partial charge in [-0.15, -0.1) is 0 Å². The van der Waals surface area contributed by atoms with Gasteiger partial charge in [0.2, 0.25) is 0 Å². The highest BCUT2D eigenvalue weighted by Crippen LogP contribution is 2.30. The van der Waals surface area contributed by atoms with E-state index in [4.69, 9.17) is 5.11 Å². The third-order valence-electron chi connectivity index (χ3n) is 2.24. The van der Waals surface area contributed by atoms with Crippen LogP contribution in [-0.4, -0.2) is 16.1 Å². The fourth-order valence-electron chi connectivity index (χ4n) is 1.41. The highest BCUT2D eigenvalue weighted by Gasteiger charge is 2.30. The lowest BCUT2D eigenvalue weighted by molar-refractivity contribution is -0.137. The molecule has 88 valence electrons. The molecule has 6 heteroatoms. The molecule has 0 aliphatic carbocycles. The molecule has 0 aliphatic heterocycles. The summed E-state index contributed by atoms with van der Waals surface area (Å²) in [5.41, 5.74) is -1.11. The van der Waals surface area contributed by atoms with Gasteiger partial charge in [0, 0.05) is 5.39 Å². The van der Waals surface area contributed by atoms with E-state index in [9.17, 15) is 18.0 Å². The van der Waals surface area contributed by atoms with Gasteiger partial charge in [0.05, 0.1) is 11.1 Å². The van der Waals surface area contributed by atoms with Crippen molar-refractivity contribution >= 4 is 16.9 Å².